The lowest BCUT2D eigenvalue weighted by Crippen LogP contribution is -2.49. The zero-order valence-electron chi connectivity index (χ0n) is 20.4. The molecule has 0 bridgehead atoms. The Bertz CT molecular complexity index is 950. The lowest BCUT2D eigenvalue weighted by atomic mass is 9.79. The van der Waals surface area contributed by atoms with Gasteiger partial charge in [0.2, 0.25) is 5.91 Å². The monoisotopic (exact) mass is 469 g/mol. The van der Waals surface area contributed by atoms with Gasteiger partial charge in [-0.25, -0.2) is 4.39 Å². The van der Waals surface area contributed by atoms with E-state index in [4.69, 9.17) is 4.74 Å². The first-order chi connectivity index (χ1) is 16.5. The van der Waals surface area contributed by atoms with Crippen molar-refractivity contribution in [3.63, 3.8) is 0 Å². The fraction of sp³-hybridized carbons (Fsp3) is 0.481. The first kappa shape index (κ1) is 25.8. The lowest BCUT2D eigenvalue weighted by Gasteiger charge is -2.41. The Balaban J connectivity index is 1.92. The molecule has 0 aromatic heterocycles. The molecule has 2 atom stereocenters. The number of nitrogens with zero attached hydrogens (tertiary/aromatic N) is 2. The van der Waals surface area contributed by atoms with Crippen LogP contribution in [0.5, 0.6) is 0 Å². The second kappa shape index (κ2) is 12.6. The summed E-state index contributed by atoms with van der Waals surface area (Å²) in [6, 6.07) is 12.8. The number of carbonyl (C=O) groups is 2. The van der Waals surface area contributed by atoms with E-state index in [1.807, 2.05) is 18.2 Å². The molecule has 2 aromatic rings. The highest BCUT2D eigenvalue weighted by Gasteiger charge is 2.43. The van der Waals surface area contributed by atoms with Gasteiger partial charge in [-0.15, -0.1) is 0 Å². The Morgan fingerprint density at radius 1 is 1.12 bits per heavy atom. The molecular formula is C27H36FN3O3. The van der Waals surface area contributed by atoms with Crippen LogP contribution in [-0.4, -0.2) is 68.1 Å². The Morgan fingerprint density at radius 3 is 2.53 bits per heavy atom. The van der Waals surface area contributed by atoms with Gasteiger partial charge in [-0.3, -0.25) is 9.59 Å². The molecule has 1 heterocycles. The molecule has 3 rings (SSSR count). The summed E-state index contributed by atoms with van der Waals surface area (Å²) < 4.78 is 19.0. The molecule has 0 saturated heterocycles. The normalized spacial score (nSPS) is 17.7. The smallest absolute Gasteiger partial charge is 0.254 e. The van der Waals surface area contributed by atoms with Crippen molar-refractivity contribution < 1.29 is 18.7 Å². The molecule has 2 amide bonds. The number of rotatable bonds is 12. The molecule has 6 nitrogen and oxygen atoms in total. The van der Waals surface area contributed by atoms with Crippen LogP contribution in [0.2, 0.25) is 0 Å². The van der Waals surface area contributed by atoms with Gasteiger partial charge in [0.15, 0.2) is 0 Å². The summed E-state index contributed by atoms with van der Waals surface area (Å²) in [5.41, 5.74) is 1.94. The SMILES string of the molecule is CCCCN(CC)CCNC(=O)[C@@H]1c2ccccc2C(=O)N(CCOC)[C@@H]1c1ccc(F)cc1. The fourth-order valence-corrected chi connectivity index (χ4v) is 4.60. The van der Waals surface area contributed by atoms with Crippen LogP contribution in [0.4, 0.5) is 4.39 Å². The van der Waals surface area contributed by atoms with Crippen LogP contribution in [0.1, 0.15) is 60.1 Å². The van der Waals surface area contributed by atoms with Crippen molar-refractivity contribution in [2.45, 2.75) is 38.6 Å². The molecule has 34 heavy (non-hydrogen) atoms. The summed E-state index contributed by atoms with van der Waals surface area (Å²) in [6.45, 7) is 8.19. The van der Waals surface area contributed by atoms with Gasteiger partial charge in [0.05, 0.1) is 18.6 Å². The van der Waals surface area contributed by atoms with Gasteiger partial charge in [0.25, 0.3) is 5.91 Å². The summed E-state index contributed by atoms with van der Waals surface area (Å²) in [7, 11) is 1.58. The second-order valence-electron chi connectivity index (χ2n) is 8.63. The number of halogens is 1. The van der Waals surface area contributed by atoms with Gasteiger partial charge in [-0.05, 0) is 48.8 Å². The fourth-order valence-electron chi connectivity index (χ4n) is 4.60. The Kier molecular flexibility index (Phi) is 9.60. The van der Waals surface area contributed by atoms with Gasteiger partial charge >= 0.3 is 0 Å². The zero-order valence-corrected chi connectivity index (χ0v) is 20.4. The lowest BCUT2D eigenvalue weighted by molar-refractivity contribution is -0.124. The quantitative estimate of drug-likeness (QED) is 0.511. The number of hydrogen-bond acceptors (Lipinski definition) is 4. The average molecular weight is 470 g/mol. The highest BCUT2D eigenvalue weighted by Crippen LogP contribution is 2.42. The van der Waals surface area contributed by atoms with E-state index in [-0.39, 0.29) is 17.6 Å². The first-order valence-electron chi connectivity index (χ1n) is 12.2. The summed E-state index contributed by atoms with van der Waals surface area (Å²) in [5.74, 6) is -1.25. The van der Waals surface area contributed by atoms with Crippen LogP contribution < -0.4 is 5.32 Å². The predicted octanol–water partition coefficient (Wildman–Crippen LogP) is 3.99. The second-order valence-corrected chi connectivity index (χ2v) is 8.63. The van der Waals surface area contributed by atoms with Crippen molar-refractivity contribution in [2.75, 3.05) is 46.4 Å². The standard InChI is InChI=1S/C27H36FN3O3/c1-4-6-16-30(5-2)17-15-29-26(32)24-22-9-7-8-10-23(22)27(33)31(18-19-34-3)25(24)20-11-13-21(28)14-12-20/h7-14,24-25H,4-6,15-19H2,1-3H3,(H,29,32)/t24-,25-/m1/s1. The van der Waals surface area contributed by atoms with Crippen molar-refractivity contribution >= 4 is 11.8 Å². The molecule has 0 spiro atoms. The van der Waals surface area contributed by atoms with Crippen molar-refractivity contribution in [3.8, 4) is 0 Å². The third-order valence-electron chi connectivity index (χ3n) is 6.47. The van der Waals surface area contributed by atoms with Crippen molar-refractivity contribution in [1.82, 2.24) is 15.1 Å². The number of carbonyl (C=O) groups excluding carboxylic acids is 2. The van der Waals surface area contributed by atoms with Crippen LogP contribution in [0.15, 0.2) is 48.5 Å². The Hall–Kier alpha value is -2.77. The van der Waals surface area contributed by atoms with E-state index in [0.717, 1.165) is 38.0 Å². The molecule has 184 valence electrons. The van der Waals surface area contributed by atoms with Gasteiger partial charge in [0, 0.05) is 32.3 Å². The van der Waals surface area contributed by atoms with Gasteiger partial charge in [0.1, 0.15) is 5.82 Å². The van der Waals surface area contributed by atoms with E-state index in [9.17, 15) is 14.0 Å². The molecule has 0 aliphatic carbocycles. The largest absolute Gasteiger partial charge is 0.383 e. The van der Waals surface area contributed by atoms with Gasteiger partial charge in [-0.2, -0.15) is 0 Å². The van der Waals surface area contributed by atoms with E-state index in [0.29, 0.717) is 30.8 Å². The topological polar surface area (TPSA) is 61.9 Å². The van der Waals surface area contributed by atoms with E-state index in [1.165, 1.54) is 12.1 Å². The van der Waals surface area contributed by atoms with E-state index in [1.54, 1.807) is 30.2 Å². The third kappa shape index (κ3) is 6.02. The number of likely N-dealkylation sites (N-methyl/N-ethyl adjacent to an activating group) is 1. The van der Waals surface area contributed by atoms with Crippen LogP contribution in [-0.2, 0) is 9.53 Å². The zero-order chi connectivity index (χ0) is 24.5. The third-order valence-corrected chi connectivity index (χ3v) is 6.47. The molecular weight excluding hydrogens is 433 g/mol. The Morgan fingerprint density at radius 2 is 1.85 bits per heavy atom. The molecule has 0 unspecified atom stereocenters. The van der Waals surface area contributed by atoms with E-state index < -0.39 is 12.0 Å². The maximum Gasteiger partial charge on any atom is 0.254 e. The number of unbranched alkanes of at least 4 members (excludes halogenated alkanes) is 1. The molecule has 0 radical (unpaired) electrons. The number of fused-ring (bicyclic) bond motifs is 1. The number of benzene rings is 2. The van der Waals surface area contributed by atoms with E-state index in [2.05, 4.69) is 24.1 Å². The number of nitrogens with one attached hydrogen (secondary N) is 1. The maximum absolute atomic E-state index is 13.7. The highest BCUT2D eigenvalue weighted by atomic mass is 19.1. The predicted molar refractivity (Wildman–Crippen MR) is 131 cm³/mol. The number of hydrogen-bond donors (Lipinski definition) is 1. The van der Waals surface area contributed by atoms with E-state index >= 15 is 0 Å². The first-order valence-corrected chi connectivity index (χ1v) is 12.2. The van der Waals surface area contributed by atoms with Crippen LogP contribution >= 0.6 is 0 Å². The van der Waals surface area contributed by atoms with Crippen molar-refractivity contribution in [1.29, 1.82) is 0 Å². The van der Waals surface area contributed by atoms with Crippen molar-refractivity contribution in [2.24, 2.45) is 0 Å². The molecule has 7 heteroatoms. The van der Waals surface area contributed by atoms with Gasteiger partial charge in [-0.1, -0.05) is 50.6 Å². The number of methoxy groups -OCH3 is 1. The summed E-state index contributed by atoms with van der Waals surface area (Å²) >= 11 is 0. The minimum atomic E-state index is -0.609. The van der Waals surface area contributed by atoms with Crippen LogP contribution in [0.25, 0.3) is 0 Å². The molecule has 0 saturated carbocycles. The molecule has 2 aromatic carbocycles. The number of amides is 2. The summed E-state index contributed by atoms with van der Waals surface area (Å²) in [4.78, 5) is 31.1. The Labute approximate surface area is 202 Å². The van der Waals surface area contributed by atoms with Gasteiger partial charge < -0.3 is 19.9 Å². The molecule has 0 fully saturated rings. The molecule has 1 aliphatic heterocycles. The minimum absolute atomic E-state index is 0.136. The van der Waals surface area contributed by atoms with Crippen LogP contribution in [0, 0.1) is 5.82 Å². The van der Waals surface area contributed by atoms with Crippen LogP contribution in [0.3, 0.4) is 0 Å². The summed E-state index contributed by atoms with van der Waals surface area (Å²) in [5, 5.41) is 3.11. The maximum atomic E-state index is 13.7. The number of ether oxygens (including phenoxy) is 1. The minimum Gasteiger partial charge on any atom is -0.383 e. The summed E-state index contributed by atoms with van der Waals surface area (Å²) in [6.07, 6.45) is 2.26. The van der Waals surface area contributed by atoms with Crippen molar-refractivity contribution in [3.05, 3.63) is 71.0 Å². The highest BCUT2D eigenvalue weighted by molar-refractivity contribution is 6.01. The average Bonchev–Trinajstić information content (AvgIpc) is 2.85. The molecule has 1 aliphatic rings. The molecule has 1 N–H and O–H groups in total.